The Labute approximate surface area is 116 Å². The second-order valence-corrected chi connectivity index (χ2v) is 5.94. The predicted octanol–water partition coefficient (Wildman–Crippen LogP) is 4.40. The van der Waals surface area contributed by atoms with E-state index in [2.05, 4.69) is 0 Å². The average Bonchev–Trinajstić information content (AvgIpc) is 2.32. The Hall–Kier alpha value is -1.07. The van der Waals surface area contributed by atoms with E-state index in [0.29, 0.717) is 12.6 Å². The lowest BCUT2D eigenvalue weighted by Crippen LogP contribution is -2.39. The van der Waals surface area contributed by atoms with Gasteiger partial charge in [-0.25, -0.2) is 22.0 Å². The van der Waals surface area contributed by atoms with Crippen LogP contribution in [0.5, 0.6) is 0 Å². The molecule has 6 heteroatoms. The zero-order chi connectivity index (χ0) is 15.6. The van der Waals surface area contributed by atoms with Gasteiger partial charge in [0.2, 0.25) is 0 Å². The minimum Gasteiger partial charge on any atom is -0.204 e. The van der Waals surface area contributed by atoms with Crippen LogP contribution in [0, 0.1) is 40.9 Å². The van der Waals surface area contributed by atoms with Crippen molar-refractivity contribution in [3.63, 3.8) is 0 Å². The van der Waals surface area contributed by atoms with E-state index < -0.39 is 41.3 Å². The molecule has 0 aliphatic rings. The number of halogens is 5. The topological polar surface area (TPSA) is 0 Å². The van der Waals surface area contributed by atoms with E-state index in [-0.39, 0.29) is 11.8 Å². The first-order valence-corrected chi connectivity index (χ1v) is 6.68. The van der Waals surface area contributed by atoms with Gasteiger partial charge in [-0.05, 0) is 5.46 Å². The Bertz CT molecular complexity index is 446. The van der Waals surface area contributed by atoms with Crippen LogP contribution in [0.15, 0.2) is 0 Å². The van der Waals surface area contributed by atoms with Gasteiger partial charge in [0.15, 0.2) is 35.8 Å². The summed E-state index contributed by atoms with van der Waals surface area (Å²) >= 11 is 0. The summed E-state index contributed by atoms with van der Waals surface area (Å²) in [6.45, 7) is 6.71. The van der Waals surface area contributed by atoms with Gasteiger partial charge in [-0.3, -0.25) is 0 Å². The van der Waals surface area contributed by atoms with Crippen LogP contribution in [0.1, 0.15) is 27.7 Å². The fraction of sp³-hybridized carbons (Fsp3) is 0.571. The minimum absolute atomic E-state index is 0.0914. The van der Waals surface area contributed by atoms with E-state index in [0.717, 1.165) is 0 Å². The molecule has 0 aliphatic heterocycles. The molecule has 0 spiro atoms. The monoisotopic (exact) mass is 292 g/mol. The standard InChI is InChI=1S/C14H18BF5/c1-7(2)5-15(6-8(3)4)9-10(16)12(18)14(20)13(19)11(9)17/h7-8H,5-6H2,1-4H3. The summed E-state index contributed by atoms with van der Waals surface area (Å²) < 4.78 is 67.3. The summed E-state index contributed by atoms with van der Waals surface area (Å²) in [6, 6.07) is 0. The molecule has 0 N–H and O–H groups in total. The Morgan fingerprint density at radius 2 is 0.950 bits per heavy atom. The third-order valence-electron chi connectivity index (χ3n) is 3.16. The van der Waals surface area contributed by atoms with Crippen molar-refractivity contribution in [2.24, 2.45) is 11.8 Å². The smallest absolute Gasteiger partial charge is 0.200 e. The molecule has 0 heterocycles. The molecule has 0 saturated carbocycles. The highest BCUT2D eigenvalue weighted by molar-refractivity contribution is 6.73. The largest absolute Gasteiger partial charge is 0.204 e. The molecular formula is C14H18BF5. The molecule has 0 nitrogen and oxygen atoms in total. The summed E-state index contributed by atoms with van der Waals surface area (Å²) in [7, 11) is 0. The molecule has 0 saturated heterocycles. The molecule has 0 aliphatic carbocycles. The van der Waals surface area contributed by atoms with Gasteiger partial charge in [0, 0.05) is 0 Å². The highest BCUT2D eigenvalue weighted by atomic mass is 19.2. The lowest BCUT2D eigenvalue weighted by Gasteiger charge is -2.20. The molecule has 0 amide bonds. The highest BCUT2D eigenvalue weighted by Gasteiger charge is 2.32. The van der Waals surface area contributed by atoms with Gasteiger partial charge in [-0.15, -0.1) is 0 Å². The molecule has 1 aromatic rings. The van der Waals surface area contributed by atoms with Gasteiger partial charge >= 0.3 is 0 Å². The molecule has 20 heavy (non-hydrogen) atoms. The first-order valence-electron chi connectivity index (χ1n) is 6.68. The molecule has 0 atom stereocenters. The molecule has 1 rings (SSSR count). The van der Waals surface area contributed by atoms with E-state index in [9.17, 15) is 22.0 Å². The first-order chi connectivity index (χ1) is 9.16. The molecule has 1 aromatic carbocycles. The lowest BCUT2D eigenvalue weighted by atomic mass is 9.37. The highest BCUT2D eigenvalue weighted by Crippen LogP contribution is 2.22. The molecule has 0 bridgehead atoms. The molecule has 0 fully saturated rings. The Morgan fingerprint density at radius 1 is 0.650 bits per heavy atom. The maximum absolute atomic E-state index is 13.8. The number of rotatable bonds is 5. The van der Waals surface area contributed by atoms with Crippen LogP contribution < -0.4 is 5.46 Å². The van der Waals surface area contributed by atoms with Crippen molar-refractivity contribution in [3.8, 4) is 0 Å². The summed E-state index contributed by atoms with van der Waals surface area (Å²) in [4.78, 5) is 0. The lowest BCUT2D eigenvalue weighted by molar-refractivity contribution is 0.383. The Kier molecular flexibility index (Phi) is 5.60. The summed E-state index contributed by atoms with van der Waals surface area (Å²) in [6.07, 6.45) is 0.743. The molecule has 0 radical (unpaired) electrons. The Morgan fingerprint density at radius 3 is 1.25 bits per heavy atom. The van der Waals surface area contributed by atoms with Crippen molar-refractivity contribution in [2.75, 3.05) is 0 Å². The van der Waals surface area contributed by atoms with Gasteiger partial charge in [-0.2, -0.15) is 0 Å². The second-order valence-electron chi connectivity index (χ2n) is 5.94. The molecular weight excluding hydrogens is 274 g/mol. The van der Waals surface area contributed by atoms with E-state index >= 15 is 0 Å². The predicted molar refractivity (Wildman–Crippen MR) is 70.9 cm³/mol. The van der Waals surface area contributed by atoms with Gasteiger partial charge in [0.25, 0.3) is 0 Å². The number of hydrogen-bond donors (Lipinski definition) is 0. The van der Waals surface area contributed by atoms with Crippen LogP contribution in [0.2, 0.25) is 12.6 Å². The fourth-order valence-electron chi connectivity index (χ4n) is 2.45. The molecule has 0 aromatic heterocycles. The van der Waals surface area contributed by atoms with Crippen LogP contribution in [0.4, 0.5) is 22.0 Å². The van der Waals surface area contributed by atoms with Crippen molar-refractivity contribution in [3.05, 3.63) is 29.1 Å². The van der Waals surface area contributed by atoms with Crippen molar-refractivity contribution in [1.29, 1.82) is 0 Å². The van der Waals surface area contributed by atoms with Crippen LogP contribution in [-0.4, -0.2) is 6.71 Å². The van der Waals surface area contributed by atoms with Crippen LogP contribution >= 0.6 is 0 Å². The molecule has 0 unspecified atom stereocenters. The zero-order valence-corrected chi connectivity index (χ0v) is 12.0. The van der Waals surface area contributed by atoms with Crippen molar-refractivity contribution in [1.82, 2.24) is 0 Å². The number of benzene rings is 1. The summed E-state index contributed by atoms with van der Waals surface area (Å²) in [5.41, 5.74) is -0.677. The number of hydrogen-bond acceptors (Lipinski definition) is 0. The summed E-state index contributed by atoms with van der Waals surface area (Å²) in [5.74, 6) is -9.05. The van der Waals surface area contributed by atoms with E-state index in [4.69, 9.17) is 0 Å². The quantitative estimate of drug-likeness (QED) is 0.327. The van der Waals surface area contributed by atoms with Gasteiger partial charge < -0.3 is 0 Å². The van der Waals surface area contributed by atoms with Crippen LogP contribution in [0.25, 0.3) is 0 Å². The minimum atomic E-state index is -2.10. The van der Waals surface area contributed by atoms with Gasteiger partial charge in [0.05, 0.1) is 0 Å². The van der Waals surface area contributed by atoms with E-state index in [1.54, 1.807) is 0 Å². The van der Waals surface area contributed by atoms with E-state index in [1.165, 1.54) is 0 Å². The molecule has 112 valence electrons. The van der Waals surface area contributed by atoms with Gasteiger partial charge in [0.1, 0.15) is 0 Å². The average molecular weight is 292 g/mol. The van der Waals surface area contributed by atoms with Crippen LogP contribution in [0.3, 0.4) is 0 Å². The second kappa shape index (κ2) is 6.59. The SMILES string of the molecule is CC(C)CB(CC(C)C)c1c(F)c(F)c(F)c(F)c1F. The van der Waals surface area contributed by atoms with Crippen molar-refractivity contribution < 1.29 is 22.0 Å². The first kappa shape index (κ1) is 17.0. The Balaban J connectivity index is 3.39. The third kappa shape index (κ3) is 3.52. The van der Waals surface area contributed by atoms with Crippen molar-refractivity contribution in [2.45, 2.75) is 40.3 Å². The maximum atomic E-state index is 13.8. The third-order valence-corrected chi connectivity index (χ3v) is 3.16. The zero-order valence-electron chi connectivity index (χ0n) is 12.0. The fourth-order valence-corrected chi connectivity index (χ4v) is 2.45. The van der Waals surface area contributed by atoms with E-state index in [1.807, 2.05) is 27.7 Å². The normalized spacial score (nSPS) is 11.6. The van der Waals surface area contributed by atoms with Crippen LogP contribution in [-0.2, 0) is 0 Å². The summed E-state index contributed by atoms with van der Waals surface area (Å²) in [5, 5.41) is 0. The van der Waals surface area contributed by atoms with Crippen molar-refractivity contribution >= 4 is 12.2 Å². The van der Waals surface area contributed by atoms with Gasteiger partial charge in [-0.1, -0.05) is 52.2 Å². The maximum Gasteiger partial charge on any atom is 0.200 e.